The monoisotopic (exact) mass is 207 g/mol. The van der Waals surface area contributed by atoms with Gasteiger partial charge in [-0.2, -0.15) is 0 Å². The zero-order valence-electron chi connectivity index (χ0n) is 8.98. The molecule has 80 valence electrons. The molecule has 0 N–H and O–H groups in total. The van der Waals surface area contributed by atoms with Gasteiger partial charge in [0.05, 0.1) is 12.7 Å². The predicted octanol–water partition coefficient (Wildman–Crippen LogP) is 1.35. The van der Waals surface area contributed by atoms with E-state index in [0.717, 1.165) is 5.69 Å². The van der Waals surface area contributed by atoms with Gasteiger partial charge in [0.25, 0.3) is 0 Å². The fourth-order valence-electron chi connectivity index (χ4n) is 1.22. The molecule has 0 heterocycles. The van der Waals surface area contributed by atoms with E-state index in [-0.39, 0.29) is 5.56 Å². The van der Waals surface area contributed by atoms with Crippen LogP contribution in [0.4, 0.5) is 5.69 Å². The van der Waals surface area contributed by atoms with Crippen molar-refractivity contribution in [3.05, 3.63) is 29.3 Å². The molecule has 0 amide bonds. The number of methoxy groups -OCH3 is 1. The highest BCUT2D eigenvalue weighted by atomic mass is 16.5. The molecule has 0 radical (unpaired) electrons. The van der Waals surface area contributed by atoms with Crippen molar-refractivity contribution in [1.29, 1.82) is 0 Å². The molecule has 4 heteroatoms. The number of hydrogen-bond donors (Lipinski definition) is 0. The van der Waals surface area contributed by atoms with Gasteiger partial charge in [-0.25, -0.2) is 4.79 Å². The lowest BCUT2D eigenvalue weighted by Crippen LogP contribution is -2.11. The van der Waals surface area contributed by atoms with Gasteiger partial charge < -0.3 is 9.64 Å². The van der Waals surface area contributed by atoms with E-state index in [1.54, 1.807) is 18.2 Å². The van der Waals surface area contributed by atoms with Crippen molar-refractivity contribution in [3.8, 4) is 0 Å². The molecule has 15 heavy (non-hydrogen) atoms. The Morgan fingerprint density at radius 3 is 2.53 bits per heavy atom. The Hall–Kier alpha value is -1.84. The summed E-state index contributed by atoms with van der Waals surface area (Å²) in [7, 11) is 5.01. The summed E-state index contributed by atoms with van der Waals surface area (Å²) in [6, 6.07) is 5.00. The van der Waals surface area contributed by atoms with Crippen LogP contribution < -0.4 is 4.90 Å². The van der Waals surface area contributed by atoms with Crippen LogP contribution in [-0.4, -0.2) is 33.5 Å². The zero-order chi connectivity index (χ0) is 11.4. The van der Waals surface area contributed by atoms with Crippen LogP contribution in [0.2, 0.25) is 0 Å². The van der Waals surface area contributed by atoms with E-state index >= 15 is 0 Å². The maximum absolute atomic E-state index is 11.3. The normalized spacial score (nSPS) is 9.53. The molecular weight excluding hydrogens is 194 g/mol. The van der Waals surface area contributed by atoms with Gasteiger partial charge >= 0.3 is 5.97 Å². The minimum atomic E-state index is -0.498. The summed E-state index contributed by atoms with van der Waals surface area (Å²) in [5.41, 5.74) is 1.50. The van der Waals surface area contributed by atoms with Gasteiger partial charge in [0.1, 0.15) is 0 Å². The average molecular weight is 207 g/mol. The number of anilines is 1. The molecule has 0 saturated carbocycles. The highest BCUT2D eigenvalue weighted by molar-refractivity contribution is 5.99. The molecular formula is C11H13NO3. The van der Waals surface area contributed by atoms with Gasteiger partial charge in [-0.3, -0.25) is 4.79 Å². The molecule has 0 aromatic heterocycles. The number of benzene rings is 1. The molecule has 1 aromatic rings. The largest absolute Gasteiger partial charge is 0.465 e. The van der Waals surface area contributed by atoms with E-state index in [1.165, 1.54) is 7.11 Å². The van der Waals surface area contributed by atoms with Gasteiger partial charge in [0.15, 0.2) is 6.29 Å². The minimum Gasteiger partial charge on any atom is -0.465 e. The van der Waals surface area contributed by atoms with E-state index in [1.807, 2.05) is 19.0 Å². The summed E-state index contributed by atoms with van der Waals surface area (Å²) in [5, 5.41) is 0. The van der Waals surface area contributed by atoms with Crippen molar-refractivity contribution in [3.63, 3.8) is 0 Å². The van der Waals surface area contributed by atoms with Gasteiger partial charge in [0, 0.05) is 25.3 Å². The first-order chi connectivity index (χ1) is 7.10. The van der Waals surface area contributed by atoms with E-state index in [9.17, 15) is 9.59 Å². The third kappa shape index (κ3) is 2.34. The first-order valence-electron chi connectivity index (χ1n) is 4.45. The highest BCUT2D eigenvalue weighted by Gasteiger charge is 2.12. The van der Waals surface area contributed by atoms with Crippen LogP contribution in [0.5, 0.6) is 0 Å². The molecule has 0 spiro atoms. The standard InChI is InChI=1S/C11H13NO3/c1-12(2)9-4-5-10(11(14)15-3)8(6-9)7-13/h4-7H,1-3H3. The Balaban J connectivity index is 3.20. The molecule has 0 atom stereocenters. The van der Waals surface area contributed by atoms with E-state index in [2.05, 4.69) is 4.74 Å². The van der Waals surface area contributed by atoms with Crippen LogP contribution in [0.3, 0.4) is 0 Å². The lowest BCUT2D eigenvalue weighted by molar-refractivity contribution is 0.0598. The lowest BCUT2D eigenvalue weighted by atomic mass is 10.1. The third-order valence-corrected chi connectivity index (χ3v) is 2.08. The zero-order valence-corrected chi connectivity index (χ0v) is 8.98. The van der Waals surface area contributed by atoms with Crippen LogP contribution in [0.15, 0.2) is 18.2 Å². The van der Waals surface area contributed by atoms with Crippen molar-refractivity contribution in [2.75, 3.05) is 26.1 Å². The van der Waals surface area contributed by atoms with Crippen LogP contribution in [-0.2, 0) is 4.74 Å². The Morgan fingerprint density at radius 1 is 1.40 bits per heavy atom. The summed E-state index contributed by atoms with van der Waals surface area (Å²) in [6.45, 7) is 0. The van der Waals surface area contributed by atoms with Gasteiger partial charge in [-0.1, -0.05) is 0 Å². The number of ether oxygens (including phenoxy) is 1. The summed E-state index contributed by atoms with van der Waals surface area (Å²) in [4.78, 5) is 23.9. The number of esters is 1. The first-order valence-corrected chi connectivity index (χ1v) is 4.45. The molecule has 1 rings (SSSR count). The van der Waals surface area contributed by atoms with E-state index < -0.39 is 5.97 Å². The Morgan fingerprint density at radius 2 is 2.07 bits per heavy atom. The number of rotatable bonds is 3. The molecule has 0 bridgehead atoms. The smallest absolute Gasteiger partial charge is 0.338 e. The summed E-state index contributed by atoms with van der Waals surface area (Å²) in [5.74, 6) is -0.498. The van der Waals surface area contributed by atoms with Crippen molar-refractivity contribution < 1.29 is 14.3 Å². The minimum absolute atomic E-state index is 0.290. The fourth-order valence-corrected chi connectivity index (χ4v) is 1.22. The summed E-state index contributed by atoms with van der Waals surface area (Å²) >= 11 is 0. The Bertz CT molecular complexity index is 385. The lowest BCUT2D eigenvalue weighted by Gasteiger charge is -2.13. The van der Waals surface area contributed by atoms with Crippen LogP contribution in [0.25, 0.3) is 0 Å². The second kappa shape index (κ2) is 4.59. The van der Waals surface area contributed by atoms with Gasteiger partial charge in [-0.05, 0) is 18.2 Å². The maximum Gasteiger partial charge on any atom is 0.338 e. The molecule has 1 aromatic carbocycles. The number of nitrogens with zero attached hydrogens (tertiary/aromatic N) is 1. The topological polar surface area (TPSA) is 46.6 Å². The molecule has 0 aliphatic carbocycles. The molecule has 0 saturated heterocycles. The SMILES string of the molecule is COC(=O)c1ccc(N(C)C)cc1C=O. The summed E-state index contributed by atoms with van der Waals surface area (Å²) < 4.78 is 4.57. The summed E-state index contributed by atoms with van der Waals surface area (Å²) in [6.07, 6.45) is 0.652. The van der Waals surface area contributed by atoms with Crippen molar-refractivity contribution in [2.24, 2.45) is 0 Å². The Labute approximate surface area is 88.5 Å². The van der Waals surface area contributed by atoms with Crippen molar-refractivity contribution in [1.82, 2.24) is 0 Å². The molecule has 4 nitrogen and oxygen atoms in total. The third-order valence-electron chi connectivity index (χ3n) is 2.08. The van der Waals surface area contributed by atoms with E-state index in [4.69, 9.17) is 0 Å². The maximum atomic E-state index is 11.3. The van der Waals surface area contributed by atoms with Crippen LogP contribution >= 0.6 is 0 Å². The second-order valence-corrected chi connectivity index (χ2v) is 3.28. The number of carbonyl (C=O) groups is 2. The molecule has 0 aliphatic heterocycles. The quantitative estimate of drug-likeness (QED) is 0.554. The first kappa shape index (κ1) is 11.2. The highest BCUT2D eigenvalue weighted by Crippen LogP contribution is 2.17. The Kier molecular flexibility index (Phi) is 3.44. The predicted molar refractivity (Wildman–Crippen MR) is 57.5 cm³/mol. The van der Waals surface area contributed by atoms with Crippen molar-refractivity contribution >= 4 is 17.9 Å². The number of aldehydes is 1. The molecule has 0 unspecified atom stereocenters. The average Bonchev–Trinajstić information content (AvgIpc) is 2.27. The fraction of sp³-hybridized carbons (Fsp3) is 0.273. The van der Waals surface area contributed by atoms with Crippen molar-refractivity contribution in [2.45, 2.75) is 0 Å². The number of hydrogen-bond acceptors (Lipinski definition) is 4. The number of carbonyl (C=O) groups excluding carboxylic acids is 2. The van der Waals surface area contributed by atoms with Crippen LogP contribution in [0, 0.1) is 0 Å². The van der Waals surface area contributed by atoms with E-state index in [0.29, 0.717) is 11.8 Å². The van der Waals surface area contributed by atoms with Gasteiger partial charge in [-0.15, -0.1) is 0 Å². The van der Waals surface area contributed by atoms with Gasteiger partial charge in [0.2, 0.25) is 0 Å². The second-order valence-electron chi connectivity index (χ2n) is 3.28. The molecule has 0 aliphatic rings. The van der Waals surface area contributed by atoms with Crippen LogP contribution in [0.1, 0.15) is 20.7 Å². The molecule has 0 fully saturated rings.